The molecule has 0 unspecified atom stereocenters. The molecule has 1 aliphatic rings. The van der Waals surface area contributed by atoms with Crippen molar-refractivity contribution in [3.63, 3.8) is 0 Å². The van der Waals surface area contributed by atoms with E-state index in [9.17, 15) is 8.42 Å². The van der Waals surface area contributed by atoms with Crippen molar-refractivity contribution in [3.8, 4) is 0 Å². The van der Waals surface area contributed by atoms with E-state index in [0.29, 0.717) is 18.0 Å². The van der Waals surface area contributed by atoms with Crippen molar-refractivity contribution in [3.05, 3.63) is 39.9 Å². The fourth-order valence-electron chi connectivity index (χ4n) is 2.54. The van der Waals surface area contributed by atoms with Gasteiger partial charge in [0.25, 0.3) is 0 Å². The average molecular weight is 372 g/mol. The molecule has 0 aromatic heterocycles. The average Bonchev–Trinajstić information content (AvgIpc) is 2.40. The molecule has 0 N–H and O–H groups in total. The zero-order valence-electron chi connectivity index (χ0n) is 13.0. The molecule has 0 atom stereocenters. The molecule has 1 aliphatic heterocycles. The summed E-state index contributed by atoms with van der Waals surface area (Å²) in [5.41, 5.74) is 2.23. The molecule has 0 saturated heterocycles. The molecule has 0 spiro atoms. The summed E-state index contributed by atoms with van der Waals surface area (Å²) in [6.45, 7) is 9.35. The number of nitrogens with zero attached hydrogens (tertiary/aromatic N) is 1. The second-order valence-corrected chi connectivity index (χ2v) is 9.32. The molecule has 116 valence electrons. The van der Waals surface area contributed by atoms with Crippen molar-refractivity contribution in [2.75, 3.05) is 13.1 Å². The van der Waals surface area contributed by atoms with Crippen LogP contribution in [0.2, 0.25) is 0 Å². The minimum Gasteiger partial charge on any atom is -0.207 e. The molecular weight excluding hydrogens is 350 g/mol. The van der Waals surface area contributed by atoms with E-state index in [1.807, 2.05) is 19.1 Å². The van der Waals surface area contributed by atoms with Crippen LogP contribution < -0.4 is 0 Å². The first-order chi connectivity index (χ1) is 9.62. The van der Waals surface area contributed by atoms with Gasteiger partial charge in [-0.05, 0) is 36.5 Å². The van der Waals surface area contributed by atoms with Crippen molar-refractivity contribution >= 4 is 26.0 Å². The molecule has 3 nitrogen and oxygen atoms in total. The van der Waals surface area contributed by atoms with Gasteiger partial charge in [0.15, 0.2) is 0 Å². The molecule has 1 heterocycles. The minimum atomic E-state index is -3.43. The number of hydrogen-bond donors (Lipinski definition) is 0. The number of rotatable bonds is 2. The zero-order chi connectivity index (χ0) is 15.8. The number of halogens is 1. The lowest BCUT2D eigenvalue weighted by Gasteiger charge is -2.31. The summed E-state index contributed by atoms with van der Waals surface area (Å²) in [5.74, 6) is 0. The fraction of sp³-hybridized carbons (Fsp3) is 0.500. The third-order valence-corrected chi connectivity index (χ3v) is 6.40. The van der Waals surface area contributed by atoms with Crippen LogP contribution in [-0.2, 0) is 10.0 Å². The Balaban J connectivity index is 2.31. The summed E-state index contributed by atoms with van der Waals surface area (Å²) < 4.78 is 27.9. The summed E-state index contributed by atoms with van der Waals surface area (Å²) in [5, 5.41) is 0. The maximum atomic E-state index is 12.8. The van der Waals surface area contributed by atoms with Gasteiger partial charge in [-0.2, -0.15) is 4.31 Å². The normalized spacial score (nSPS) is 17.7. The van der Waals surface area contributed by atoms with Gasteiger partial charge in [0.05, 0.1) is 4.90 Å². The van der Waals surface area contributed by atoms with Gasteiger partial charge in [-0.25, -0.2) is 8.42 Å². The topological polar surface area (TPSA) is 37.4 Å². The molecule has 0 bridgehead atoms. The molecule has 0 radical (unpaired) electrons. The van der Waals surface area contributed by atoms with Crippen molar-refractivity contribution in [2.45, 2.75) is 39.0 Å². The Bertz CT molecular complexity index is 672. The van der Waals surface area contributed by atoms with Crippen molar-refractivity contribution in [1.82, 2.24) is 4.31 Å². The van der Waals surface area contributed by atoms with E-state index >= 15 is 0 Å². The van der Waals surface area contributed by atoms with Crippen LogP contribution in [0.1, 0.15) is 32.8 Å². The van der Waals surface area contributed by atoms with Gasteiger partial charge in [-0.3, -0.25) is 0 Å². The Labute approximate surface area is 136 Å². The molecule has 0 aliphatic carbocycles. The first-order valence-corrected chi connectivity index (χ1v) is 9.31. The number of sulfonamides is 1. The Hall–Kier alpha value is -0.650. The SMILES string of the molecule is Cc1ccc(Br)cc1S(=O)(=O)N1CC=C(C(C)(C)C)CC1. The molecule has 1 aromatic carbocycles. The molecule has 1 aromatic rings. The van der Waals surface area contributed by atoms with Crippen LogP contribution >= 0.6 is 15.9 Å². The van der Waals surface area contributed by atoms with Crippen LogP contribution in [0.4, 0.5) is 0 Å². The summed E-state index contributed by atoms with van der Waals surface area (Å²) >= 11 is 3.35. The van der Waals surface area contributed by atoms with E-state index in [-0.39, 0.29) is 5.41 Å². The molecule has 0 fully saturated rings. The summed E-state index contributed by atoms with van der Waals surface area (Å²) in [6.07, 6.45) is 2.87. The van der Waals surface area contributed by atoms with Crippen LogP contribution in [0.25, 0.3) is 0 Å². The number of hydrogen-bond acceptors (Lipinski definition) is 2. The second-order valence-electron chi connectivity index (χ2n) is 6.50. The summed E-state index contributed by atoms with van der Waals surface area (Å²) in [7, 11) is -3.43. The quantitative estimate of drug-likeness (QED) is 0.733. The first kappa shape index (κ1) is 16.7. The van der Waals surface area contributed by atoms with Gasteiger partial charge in [0, 0.05) is 17.6 Å². The van der Waals surface area contributed by atoms with Gasteiger partial charge >= 0.3 is 0 Å². The van der Waals surface area contributed by atoms with Crippen LogP contribution in [0.3, 0.4) is 0 Å². The monoisotopic (exact) mass is 371 g/mol. The molecule has 21 heavy (non-hydrogen) atoms. The maximum absolute atomic E-state index is 12.8. The lowest BCUT2D eigenvalue weighted by Crippen LogP contribution is -2.36. The largest absolute Gasteiger partial charge is 0.243 e. The smallest absolute Gasteiger partial charge is 0.207 e. The maximum Gasteiger partial charge on any atom is 0.243 e. The highest BCUT2D eigenvalue weighted by Crippen LogP contribution is 2.32. The number of aryl methyl sites for hydroxylation is 1. The Morgan fingerprint density at radius 3 is 2.43 bits per heavy atom. The van der Waals surface area contributed by atoms with Crippen LogP contribution in [0.15, 0.2) is 39.2 Å². The molecule has 0 saturated carbocycles. The Kier molecular flexibility index (Phi) is 4.66. The zero-order valence-corrected chi connectivity index (χ0v) is 15.4. The highest BCUT2D eigenvalue weighted by atomic mass is 79.9. The van der Waals surface area contributed by atoms with Gasteiger partial charge in [-0.1, -0.05) is 54.4 Å². The minimum absolute atomic E-state index is 0.113. The first-order valence-electron chi connectivity index (χ1n) is 7.08. The fourth-order valence-corrected chi connectivity index (χ4v) is 4.68. The molecule has 0 amide bonds. The van der Waals surface area contributed by atoms with Crippen LogP contribution in [0.5, 0.6) is 0 Å². The van der Waals surface area contributed by atoms with Crippen molar-refractivity contribution in [2.24, 2.45) is 5.41 Å². The number of benzene rings is 1. The van der Waals surface area contributed by atoms with E-state index in [0.717, 1.165) is 16.5 Å². The van der Waals surface area contributed by atoms with Crippen LogP contribution in [0, 0.1) is 12.3 Å². The Morgan fingerprint density at radius 1 is 1.24 bits per heavy atom. The van der Waals surface area contributed by atoms with E-state index in [4.69, 9.17) is 0 Å². The van der Waals surface area contributed by atoms with Crippen LogP contribution in [-0.4, -0.2) is 25.8 Å². The third-order valence-electron chi connectivity index (χ3n) is 3.90. The predicted octanol–water partition coefficient (Wildman–Crippen LogP) is 4.12. The standard InChI is InChI=1S/C16H22BrNO2S/c1-12-5-6-14(17)11-15(12)21(19,20)18-9-7-13(8-10-18)16(2,3)4/h5-7,11H,8-10H2,1-4H3. The van der Waals surface area contributed by atoms with E-state index in [2.05, 4.69) is 42.8 Å². The highest BCUT2D eigenvalue weighted by molar-refractivity contribution is 9.10. The lowest BCUT2D eigenvalue weighted by atomic mass is 9.83. The molecule has 5 heteroatoms. The second kappa shape index (κ2) is 5.86. The van der Waals surface area contributed by atoms with Gasteiger partial charge < -0.3 is 0 Å². The lowest BCUT2D eigenvalue weighted by molar-refractivity contribution is 0.389. The van der Waals surface area contributed by atoms with E-state index in [1.165, 1.54) is 5.57 Å². The summed E-state index contributed by atoms with van der Waals surface area (Å²) in [6, 6.07) is 5.38. The van der Waals surface area contributed by atoms with Gasteiger partial charge in [0.2, 0.25) is 10.0 Å². The van der Waals surface area contributed by atoms with E-state index in [1.54, 1.807) is 10.4 Å². The molecular formula is C16H22BrNO2S. The van der Waals surface area contributed by atoms with E-state index < -0.39 is 10.0 Å². The predicted molar refractivity (Wildman–Crippen MR) is 89.8 cm³/mol. The van der Waals surface area contributed by atoms with Crippen molar-refractivity contribution < 1.29 is 8.42 Å². The Morgan fingerprint density at radius 2 is 1.90 bits per heavy atom. The van der Waals surface area contributed by atoms with Gasteiger partial charge in [-0.15, -0.1) is 0 Å². The highest BCUT2D eigenvalue weighted by Gasteiger charge is 2.29. The van der Waals surface area contributed by atoms with Gasteiger partial charge in [0.1, 0.15) is 0 Å². The summed E-state index contributed by atoms with van der Waals surface area (Å²) in [4.78, 5) is 0.393. The third kappa shape index (κ3) is 3.58. The molecule has 2 rings (SSSR count). The van der Waals surface area contributed by atoms with Crippen molar-refractivity contribution in [1.29, 1.82) is 0 Å².